The van der Waals surface area contributed by atoms with Crippen LogP contribution in [0.4, 0.5) is 5.69 Å². The first-order valence-electron chi connectivity index (χ1n) is 3.64. The van der Waals surface area contributed by atoms with E-state index in [-0.39, 0.29) is 6.26 Å². The van der Waals surface area contributed by atoms with Gasteiger partial charge in [-0.1, -0.05) is 18.2 Å². The predicted molar refractivity (Wildman–Crippen MR) is 52.3 cm³/mol. The monoisotopic (exact) mass is 167 g/mol. The quantitative estimate of drug-likeness (QED) is 0.612. The second-order valence-electron chi connectivity index (χ2n) is 2.52. The average molecular weight is 167 g/mol. The number of anilines is 1. The van der Waals surface area contributed by atoms with E-state index >= 15 is 0 Å². The van der Waals surface area contributed by atoms with E-state index in [1.165, 1.54) is 0 Å². The van der Waals surface area contributed by atoms with Crippen LogP contribution in [-0.2, 0) is 0 Å². The van der Waals surface area contributed by atoms with E-state index in [1.807, 2.05) is 49.0 Å². The van der Waals surface area contributed by atoms with Crippen molar-refractivity contribution in [2.45, 2.75) is 6.82 Å². The molecular formula is C8H11BClN. The van der Waals surface area contributed by atoms with Gasteiger partial charge in [-0.05, 0) is 26.0 Å². The van der Waals surface area contributed by atoms with Crippen LogP contribution in [0, 0.1) is 0 Å². The van der Waals surface area contributed by atoms with E-state index in [4.69, 9.17) is 11.5 Å². The number of halogens is 1. The highest BCUT2D eigenvalue weighted by Gasteiger charge is 2.09. The molecule has 0 fully saturated rings. The SMILES string of the molecule is CB(Cl)N(C)c1ccccc1. The third-order valence-corrected chi connectivity index (χ3v) is 1.99. The summed E-state index contributed by atoms with van der Waals surface area (Å²) in [5.41, 5.74) is 1.15. The Morgan fingerprint density at radius 2 is 1.82 bits per heavy atom. The number of hydrogen-bond donors (Lipinski definition) is 0. The van der Waals surface area contributed by atoms with Crippen molar-refractivity contribution in [2.24, 2.45) is 0 Å². The molecule has 0 spiro atoms. The highest BCUT2D eigenvalue weighted by molar-refractivity contribution is 7.08. The minimum absolute atomic E-state index is 0.0393. The number of rotatable bonds is 2. The van der Waals surface area contributed by atoms with Crippen LogP contribution in [0.1, 0.15) is 0 Å². The molecule has 0 bridgehead atoms. The molecule has 0 heterocycles. The second kappa shape index (κ2) is 3.68. The molecule has 0 saturated heterocycles. The smallest absolute Gasteiger partial charge is 0.357 e. The van der Waals surface area contributed by atoms with Crippen molar-refractivity contribution in [1.29, 1.82) is 0 Å². The zero-order chi connectivity index (χ0) is 8.27. The minimum atomic E-state index is 0.0393. The van der Waals surface area contributed by atoms with Crippen molar-refractivity contribution in [1.82, 2.24) is 0 Å². The summed E-state index contributed by atoms with van der Waals surface area (Å²) in [6, 6.07) is 10.1. The van der Waals surface area contributed by atoms with Crippen LogP contribution < -0.4 is 4.81 Å². The number of para-hydroxylation sites is 1. The van der Waals surface area contributed by atoms with E-state index in [9.17, 15) is 0 Å². The lowest BCUT2D eigenvalue weighted by Crippen LogP contribution is -2.27. The molecule has 0 radical (unpaired) electrons. The lowest BCUT2D eigenvalue weighted by Gasteiger charge is -2.19. The fourth-order valence-corrected chi connectivity index (χ4v) is 0.981. The van der Waals surface area contributed by atoms with Gasteiger partial charge in [-0.3, -0.25) is 0 Å². The van der Waals surface area contributed by atoms with Crippen molar-refractivity contribution in [2.75, 3.05) is 11.9 Å². The second-order valence-corrected chi connectivity index (χ2v) is 3.15. The van der Waals surface area contributed by atoms with Crippen molar-refractivity contribution < 1.29 is 0 Å². The van der Waals surface area contributed by atoms with Gasteiger partial charge in [0.05, 0.1) is 0 Å². The van der Waals surface area contributed by atoms with Gasteiger partial charge in [-0.2, -0.15) is 11.5 Å². The van der Waals surface area contributed by atoms with Gasteiger partial charge < -0.3 is 4.81 Å². The van der Waals surface area contributed by atoms with E-state index in [2.05, 4.69) is 0 Å². The molecule has 1 rings (SSSR count). The first kappa shape index (κ1) is 8.47. The Morgan fingerprint density at radius 1 is 1.27 bits per heavy atom. The van der Waals surface area contributed by atoms with Gasteiger partial charge in [0.15, 0.2) is 0 Å². The summed E-state index contributed by atoms with van der Waals surface area (Å²) in [6.07, 6.45) is 0.0393. The largest absolute Gasteiger partial charge is 0.404 e. The molecule has 0 saturated carbocycles. The van der Waals surface area contributed by atoms with Crippen molar-refractivity contribution in [3.05, 3.63) is 30.3 Å². The first-order chi connectivity index (χ1) is 5.22. The summed E-state index contributed by atoms with van der Waals surface area (Å²) >= 11 is 5.89. The molecule has 0 aliphatic carbocycles. The van der Waals surface area contributed by atoms with Crippen LogP contribution in [0.15, 0.2) is 30.3 Å². The van der Waals surface area contributed by atoms with Gasteiger partial charge in [0, 0.05) is 5.69 Å². The van der Waals surface area contributed by atoms with Crippen LogP contribution in [0.3, 0.4) is 0 Å². The highest BCUT2D eigenvalue weighted by Crippen LogP contribution is 2.13. The summed E-state index contributed by atoms with van der Waals surface area (Å²) < 4.78 is 0. The maximum Gasteiger partial charge on any atom is 0.357 e. The third kappa shape index (κ3) is 2.16. The average Bonchev–Trinajstić information content (AvgIpc) is 2.05. The Hall–Kier alpha value is -0.625. The molecular weight excluding hydrogens is 156 g/mol. The summed E-state index contributed by atoms with van der Waals surface area (Å²) in [5.74, 6) is 0. The van der Waals surface area contributed by atoms with E-state index < -0.39 is 0 Å². The maximum atomic E-state index is 5.89. The van der Waals surface area contributed by atoms with Crippen molar-refractivity contribution in [3.8, 4) is 0 Å². The van der Waals surface area contributed by atoms with Crippen LogP contribution in [0.2, 0.25) is 6.82 Å². The predicted octanol–water partition coefficient (Wildman–Crippen LogP) is 2.48. The molecule has 1 aromatic carbocycles. The molecule has 1 aromatic rings. The molecule has 0 aliphatic heterocycles. The van der Waals surface area contributed by atoms with Gasteiger partial charge in [0.1, 0.15) is 0 Å². The number of hydrogen-bond acceptors (Lipinski definition) is 1. The zero-order valence-corrected chi connectivity index (χ0v) is 7.55. The standard InChI is InChI=1S/C8H11BClN/c1-9(10)11(2)8-6-4-3-5-7-8/h3-7H,1-2H3. The van der Waals surface area contributed by atoms with Gasteiger partial charge in [0.25, 0.3) is 0 Å². The molecule has 0 unspecified atom stereocenters. The zero-order valence-electron chi connectivity index (χ0n) is 6.79. The Morgan fingerprint density at radius 3 is 2.27 bits per heavy atom. The topological polar surface area (TPSA) is 3.24 Å². The fraction of sp³-hybridized carbons (Fsp3) is 0.250. The molecule has 11 heavy (non-hydrogen) atoms. The van der Waals surface area contributed by atoms with E-state index in [0.29, 0.717) is 0 Å². The first-order valence-corrected chi connectivity index (χ1v) is 4.07. The fourth-order valence-electron chi connectivity index (χ4n) is 0.869. The van der Waals surface area contributed by atoms with Crippen molar-refractivity contribution >= 4 is 23.4 Å². The molecule has 1 nitrogen and oxygen atoms in total. The normalized spacial score (nSPS) is 9.36. The number of benzene rings is 1. The molecule has 0 aliphatic rings. The number of nitrogens with zero attached hydrogens (tertiary/aromatic N) is 1. The highest BCUT2D eigenvalue weighted by atomic mass is 35.5. The Kier molecular flexibility index (Phi) is 2.83. The van der Waals surface area contributed by atoms with Crippen LogP contribution in [0.25, 0.3) is 0 Å². The Bertz CT molecular complexity index is 213. The third-order valence-electron chi connectivity index (χ3n) is 1.70. The van der Waals surface area contributed by atoms with Crippen molar-refractivity contribution in [3.63, 3.8) is 0 Å². The summed E-state index contributed by atoms with van der Waals surface area (Å²) in [4.78, 5) is 2.02. The summed E-state index contributed by atoms with van der Waals surface area (Å²) in [5, 5.41) is 0. The lowest BCUT2D eigenvalue weighted by molar-refractivity contribution is 1.31. The maximum absolute atomic E-state index is 5.89. The molecule has 3 heteroatoms. The van der Waals surface area contributed by atoms with E-state index in [0.717, 1.165) is 5.69 Å². The lowest BCUT2D eigenvalue weighted by atomic mass is 9.93. The van der Waals surface area contributed by atoms with Gasteiger partial charge >= 0.3 is 6.26 Å². The molecule has 58 valence electrons. The minimum Gasteiger partial charge on any atom is -0.404 e. The van der Waals surface area contributed by atoms with E-state index in [1.54, 1.807) is 0 Å². The molecule has 0 atom stereocenters. The van der Waals surface area contributed by atoms with Crippen LogP contribution in [0.5, 0.6) is 0 Å². The Balaban J connectivity index is 2.77. The molecule has 0 amide bonds. The van der Waals surface area contributed by atoms with Gasteiger partial charge in [-0.15, -0.1) is 0 Å². The Labute approximate surface area is 73.0 Å². The molecule has 0 aromatic heterocycles. The van der Waals surface area contributed by atoms with Crippen LogP contribution >= 0.6 is 11.5 Å². The summed E-state index contributed by atoms with van der Waals surface area (Å²) in [6.45, 7) is 1.95. The van der Waals surface area contributed by atoms with Crippen LogP contribution in [-0.4, -0.2) is 13.3 Å². The van der Waals surface area contributed by atoms with Gasteiger partial charge in [0.2, 0.25) is 0 Å². The molecule has 0 N–H and O–H groups in total. The summed E-state index contributed by atoms with van der Waals surface area (Å²) in [7, 11) is 1.98. The van der Waals surface area contributed by atoms with Gasteiger partial charge in [-0.25, -0.2) is 0 Å².